The van der Waals surface area contributed by atoms with Gasteiger partial charge < -0.3 is 4.42 Å². The van der Waals surface area contributed by atoms with E-state index in [0.29, 0.717) is 6.42 Å². The summed E-state index contributed by atoms with van der Waals surface area (Å²) in [7, 11) is 0. The molecular formula is C12H16O3. The highest BCUT2D eigenvalue weighted by Crippen LogP contribution is 2.07. The molecule has 1 rings (SSSR count). The molecule has 0 spiro atoms. The molecule has 15 heavy (non-hydrogen) atoms. The number of carbonyl (C=O) groups is 2. The first-order valence-electron chi connectivity index (χ1n) is 5.36. The predicted octanol–water partition coefficient (Wildman–Crippen LogP) is 3.00. The minimum Gasteiger partial charge on any atom is -0.461 e. The molecule has 0 amide bonds. The molecule has 82 valence electrons. The largest absolute Gasteiger partial charge is 0.461 e. The van der Waals surface area contributed by atoms with E-state index in [4.69, 9.17) is 4.42 Å². The van der Waals surface area contributed by atoms with E-state index < -0.39 is 5.78 Å². The molecule has 0 bridgehead atoms. The lowest BCUT2D eigenvalue weighted by molar-refractivity contribution is -0.115. The fraction of sp³-hybridized carbons (Fsp3) is 0.500. The number of hydrogen-bond acceptors (Lipinski definition) is 3. The third-order valence-corrected chi connectivity index (χ3v) is 2.26. The Morgan fingerprint density at radius 3 is 2.67 bits per heavy atom. The van der Waals surface area contributed by atoms with E-state index in [-0.39, 0.29) is 11.5 Å². The first-order valence-corrected chi connectivity index (χ1v) is 5.36. The molecule has 0 saturated heterocycles. The van der Waals surface area contributed by atoms with E-state index in [1.54, 1.807) is 6.07 Å². The van der Waals surface area contributed by atoms with Crippen LogP contribution in [0.5, 0.6) is 0 Å². The summed E-state index contributed by atoms with van der Waals surface area (Å²) in [6.45, 7) is 2.11. The molecule has 0 N–H and O–H groups in total. The van der Waals surface area contributed by atoms with Crippen molar-refractivity contribution < 1.29 is 14.0 Å². The topological polar surface area (TPSA) is 47.3 Å². The van der Waals surface area contributed by atoms with Gasteiger partial charge in [0.15, 0.2) is 5.76 Å². The summed E-state index contributed by atoms with van der Waals surface area (Å²) in [5.74, 6) is -0.701. The molecule has 0 saturated carbocycles. The third kappa shape index (κ3) is 3.70. The summed E-state index contributed by atoms with van der Waals surface area (Å²) in [4.78, 5) is 22.8. The third-order valence-electron chi connectivity index (χ3n) is 2.26. The molecule has 1 heterocycles. The van der Waals surface area contributed by atoms with E-state index in [9.17, 15) is 9.59 Å². The van der Waals surface area contributed by atoms with Crippen molar-refractivity contribution in [2.24, 2.45) is 0 Å². The van der Waals surface area contributed by atoms with Crippen molar-refractivity contribution in [3.63, 3.8) is 0 Å². The zero-order valence-electron chi connectivity index (χ0n) is 8.99. The second-order valence-corrected chi connectivity index (χ2v) is 3.54. The van der Waals surface area contributed by atoms with Gasteiger partial charge in [0.2, 0.25) is 5.78 Å². The van der Waals surface area contributed by atoms with Gasteiger partial charge in [0.1, 0.15) is 0 Å². The average molecular weight is 208 g/mol. The van der Waals surface area contributed by atoms with E-state index in [0.717, 1.165) is 25.7 Å². The van der Waals surface area contributed by atoms with E-state index >= 15 is 0 Å². The zero-order valence-corrected chi connectivity index (χ0v) is 8.99. The van der Waals surface area contributed by atoms with Gasteiger partial charge >= 0.3 is 0 Å². The Morgan fingerprint density at radius 2 is 2.07 bits per heavy atom. The highest BCUT2D eigenvalue weighted by Gasteiger charge is 2.17. The number of hydrogen-bond donors (Lipinski definition) is 0. The van der Waals surface area contributed by atoms with Crippen LogP contribution >= 0.6 is 0 Å². The van der Waals surface area contributed by atoms with Crippen molar-refractivity contribution in [1.82, 2.24) is 0 Å². The fourth-order valence-electron chi connectivity index (χ4n) is 1.37. The molecule has 0 fully saturated rings. The number of unbranched alkanes of at least 4 members (excludes halogenated alkanes) is 3. The molecule has 0 aliphatic heterocycles. The molecule has 0 aliphatic rings. The van der Waals surface area contributed by atoms with Crippen LogP contribution in [0, 0.1) is 0 Å². The SMILES string of the molecule is CCCCCCC(=O)C(=O)c1ccco1. The van der Waals surface area contributed by atoms with Gasteiger partial charge in [0.05, 0.1) is 6.26 Å². The number of furan rings is 1. The van der Waals surface area contributed by atoms with Crippen molar-refractivity contribution in [2.45, 2.75) is 39.0 Å². The maximum absolute atomic E-state index is 11.4. The number of ketones is 2. The second kappa shape index (κ2) is 6.17. The lowest BCUT2D eigenvalue weighted by Gasteiger charge is -1.97. The lowest BCUT2D eigenvalue weighted by Crippen LogP contribution is -2.12. The van der Waals surface area contributed by atoms with Crippen molar-refractivity contribution >= 4 is 11.6 Å². The van der Waals surface area contributed by atoms with Gasteiger partial charge in [-0.25, -0.2) is 0 Å². The quantitative estimate of drug-likeness (QED) is 0.393. The lowest BCUT2D eigenvalue weighted by atomic mass is 10.1. The van der Waals surface area contributed by atoms with Gasteiger partial charge in [-0.2, -0.15) is 0 Å². The Kier molecular flexibility index (Phi) is 4.81. The highest BCUT2D eigenvalue weighted by molar-refractivity contribution is 6.42. The minimum absolute atomic E-state index is 0.149. The van der Waals surface area contributed by atoms with Crippen molar-refractivity contribution in [3.05, 3.63) is 24.2 Å². The van der Waals surface area contributed by atoms with Crippen LogP contribution in [0.2, 0.25) is 0 Å². The number of rotatable bonds is 7. The van der Waals surface area contributed by atoms with Gasteiger partial charge in [0, 0.05) is 6.42 Å². The molecule has 1 aromatic rings. The molecule has 3 nitrogen and oxygen atoms in total. The summed E-state index contributed by atoms with van der Waals surface area (Å²) in [5.41, 5.74) is 0. The molecule has 0 radical (unpaired) electrons. The molecule has 0 atom stereocenters. The molecule has 0 unspecified atom stereocenters. The summed E-state index contributed by atoms with van der Waals surface area (Å²) in [5, 5.41) is 0. The first-order chi connectivity index (χ1) is 7.25. The van der Waals surface area contributed by atoms with Crippen molar-refractivity contribution in [1.29, 1.82) is 0 Å². The van der Waals surface area contributed by atoms with Crippen molar-refractivity contribution in [2.75, 3.05) is 0 Å². The Bertz CT molecular complexity index is 312. The fourth-order valence-corrected chi connectivity index (χ4v) is 1.37. The maximum atomic E-state index is 11.4. The van der Waals surface area contributed by atoms with E-state index in [1.807, 2.05) is 0 Å². The molecule has 0 aromatic carbocycles. The molecule has 3 heteroatoms. The van der Waals surface area contributed by atoms with Crippen molar-refractivity contribution in [3.8, 4) is 0 Å². The van der Waals surface area contributed by atoms with E-state index in [1.165, 1.54) is 12.3 Å². The van der Waals surface area contributed by atoms with E-state index in [2.05, 4.69) is 6.92 Å². The molecule has 0 aliphatic carbocycles. The molecule has 1 aromatic heterocycles. The average Bonchev–Trinajstić information content (AvgIpc) is 2.76. The summed E-state index contributed by atoms with van der Waals surface area (Å²) < 4.78 is 4.87. The second-order valence-electron chi connectivity index (χ2n) is 3.54. The summed E-state index contributed by atoms with van der Waals surface area (Å²) in [6.07, 6.45) is 5.77. The smallest absolute Gasteiger partial charge is 0.263 e. The van der Waals surface area contributed by atoms with Gasteiger partial charge in [0.25, 0.3) is 5.78 Å². The van der Waals surface area contributed by atoms with Crippen LogP contribution in [-0.4, -0.2) is 11.6 Å². The molecular weight excluding hydrogens is 192 g/mol. The van der Waals surface area contributed by atoms with Crippen LogP contribution in [-0.2, 0) is 4.79 Å². The normalized spacial score (nSPS) is 10.2. The van der Waals surface area contributed by atoms with Crippen LogP contribution < -0.4 is 0 Å². The van der Waals surface area contributed by atoms with Crippen LogP contribution in [0.3, 0.4) is 0 Å². The Morgan fingerprint density at radius 1 is 1.27 bits per heavy atom. The zero-order chi connectivity index (χ0) is 11.1. The first kappa shape index (κ1) is 11.7. The predicted molar refractivity (Wildman–Crippen MR) is 56.8 cm³/mol. The number of carbonyl (C=O) groups excluding carboxylic acids is 2. The Labute approximate surface area is 89.5 Å². The summed E-state index contributed by atoms with van der Waals surface area (Å²) in [6, 6.07) is 3.13. The van der Waals surface area contributed by atoms with Crippen LogP contribution in [0.25, 0.3) is 0 Å². The van der Waals surface area contributed by atoms with Gasteiger partial charge in [-0.05, 0) is 18.6 Å². The van der Waals surface area contributed by atoms with Gasteiger partial charge in [-0.3, -0.25) is 9.59 Å². The standard InChI is InChI=1S/C12H16O3/c1-2-3-4-5-7-10(13)12(14)11-8-6-9-15-11/h6,8-9H,2-5,7H2,1H3. The van der Waals surface area contributed by atoms with Gasteiger partial charge in [-0.1, -0.05) is 26.2 Å². The van der Waals surface area contributed by atoms with Crippen LogP contribution in [0.1, 0.15) is 49.6 Å². The number of Topliss-reactive ketones (excluding diaryl/α,β-unsaturated/α-hetero) is 2. The van der Waals surface area contributed by atoms with Crippen LogP contribution in [0.15, 0.2) is 22.8 Å². The highest BCUT2D eigenvalue weighted by atomic mass is 16.3. The monoisotopic (exact) mass is 208 g/mol. The van der Waals surface area contributed by atoms with Gasteiger partial charge in [-0.15, -0.1) is 0 Å². The maximum Gasteiger partial charge on any atom is 0.263 e. The minimum atomic E-state index is -0.503. The Balaban J connectivity index is 2.31. The summed E-state index contributed by atoms with van der Waals surface area (Å²) >= 11 is 0. The Hall–Kier alpha value is -1.38. The van der Waals surface area contributed by atoms with Crippen LogP contribution in [0.4, 0.5) is 0 Å².